The second kappa shape index (κ2) is 9.96. The van der Waals surface area contributed by atoms with E-state index < -0.39 is 0 Å². The molecule has 0 atom stereocenters. The van der Waals surface area contributed by atoms with Crippen molar-refractivity contribution in [2.45, 2.75) is 20.8 Å². The summed E-state index contributed by atoms with van der Waals surface area (Å²) in [5.74, 6) is -0.0625. The van der Waals surface area contributed by atoms with Crippen LogP contribution >= 0.6 is 0 Å². The molecule has 2 aromatic carbocycles. The van der Waals surface area contributed by atoms with Crippen LogP contribution in [0.5, 0.6) is 0 Å². The van der Waals surface area contributed by atoms with Crippen molar-refractivity contribution in [3.8, 4) is 11.3 Å². The van der Waals surface area contributed by atoms with E-state index >= 15 is 0 Å². The molecule has 3 aromatic rings. The molecule has 27 heavy (non-hydrogen) atoms. The summed E-state index contributed by atoms with van der Waals surface area (Å²) < 4.78 is 1.89. The molecule has 0 spiro atoms. The third kappa shape index (κ3) is 5.71. The van der Waals surface area contributed by atoms with Gasteiger partial charge < -0.3 is 9.67 Å². The van der Waals surface area contributed by atoms with Crippen molar-refractivity contribution in [3.05, 3.63) is 91.7 Å². The Kier molecular flexibility index (Phi) is 8.29. The number of aliphatic hydroxyl groups excluding tert-OH is 1. The maximum absolute atomic E-state index is 10.0. The number of nitrogens with zero attached hydrogens (tertiary/aromatic N) is 1. The van der Waals surface area contributed by atoms with Crippen molar-refractivity contribution in [2.24, 2.45) is 0 Å². The predicted octanol–water partition coefficient (Wildman–Crippen LogP) is 4.96. The van der Waals surface area contributed by atoms with E-state index in [9.17, 15) is 4.79 Å². The second-order valence-electron chi connectivity index (χ2n) is 6.22. The minimum absolute atomic E-state index is 0. The molecule has 3 nitrogen and oxygen atoms in total. The number of aryl methyl sites for hydroxylation is 1. The number of rotatable bonds is 2. The molecule has 0 aliphatic rings. The molecule has 1 radical (unpaired) electrons. The van der Waals surface area contributed by atoms with Crippen LogP contribution in [0.25, 0.3) is 22.0 Å². The van der Waals surface area contributed by atoms with Gasteiger partial charge in [-0.15, -0.1) is 23.1 Å². The summed E-state index contributed by atoms with van der Waals surface area (Å²) in [6.07, 6.45) is 3.12. The summed E-state index contributed by atoms with van der Waals surface area (Å²) in [6, 6.07) is 16.7. The van der Waals surface area contributed by atoms with Gasteiger partial charge in [-0.3, -0.25) is 4.79 Å². The van der Waals surface area contributed by atoms with E-state index in [0.29, 0.717) is 0 Å². The van der Waals surface area contributed by atoms with Gasteiger partial charge in [0.25, 0.3) is 0 Å². The molecule has 0 bridgehead atoms. The molecular formula is C23H24IrNO2-. The molecule has 0 unspecified atom stereocenters. The summed E-state index contributed by atoms with van der Waals surface area (Å²) in [5, 5.41) is 10.8. The van der Waals surface area contributed by atoms with Gasteiger partial charge in [-0.05, 0) is 20.8 Å². The number of fused-ring (bicyclic) bond motifs is 1. The topological polar surface area (TPSA) is 41.2 Å². The number of aromatic nitrogens is 1. The van der Waals surface area contributed by atoms with Crippen molar-refractivity contribution < 1.29 is 34.6 Å². The Hall–Kier alpha value is -2.55. The van der Waals surface area contributed by atoms with Crippen molar-refractivity contribution in [1.29, 1.82) is 0 Å². The first kappa shape index (κ1) is 22.5. The van der Waals surface area contributed by atoms with Crippen LogP contribution in [0.15, 0.2) is 66.6 Å². The minimum atomic E-state index is -0.125. The average molecular weight is 539 g/mol. The molecule has 1 aromatic heterocycles. The number of hydrogen-bond donors (Lipinski definition) is 1. The number of ketones is 1. The van der Waals surface area contributed by atoms with E-state index in [-0.39, 0.29) is 31.6 Å². The van der Waals surface area contributed by atoms with Crippen molar-refractivity contribution >= 4 is 16.6 Å². The number of benzene rings is 2. The fraction of sp³-hybridized carbons (Fsp3) is 0.130. The Labute approximate surface area is 174 Å². The summed E-state index contributed by atoms with van der Waals surface area (Å²) >= 11 is 0. The van der Waals surface area contributed by atoms with Gasteiger partial charge in [0.1, 0.15) is 0 Å². The minimum Gasteiger partial charge on any atom is -0.512 e. The van der Waals surface area contributed by atoms with Crippen LogP contribution in [0.3, 0.4) is 0 Å². The summed E-state index contributed by atoms with van der Waals surface area (Å²) in [7, 11) is 4.04. The van der Waals surface area contributed by atoms with E-state index in [4.69, 9.17) is 5.11 Å². The number of carbonyl (C=O) groups excluding carboxylic acids is 1. The molecule has 0 amide bonds. The fourth-order valence-electron chi connectivity index (χ4n) is 2.86. The first-order valence-electron chi connectivity index (χ1n) is 8.35. The molecule has 0 aliphatic heterocycles. The molecule has 0 aliphatic carbocycles. The SMILES string of the molecule is CC(=O)/C=C(/C)O.[CH2-]c1c(-c2cccc[n+]2[CH2-])cc(C)c2ccccc12.[Ir]. The van der Waals surface area contributed by atoms with Crippen LogP contribution in [0, 0.1) is 20.9 Å². The van der Waals surface area contributed by atoms with E-state index in [0.717, 1.165) is 16.8 Å². The third-order valence-electron chi connectivity index (χ3n) is 3.99. The number of aliphatic hydroxyl groups is 1. The maximum Gasteiger partial charge on any atom is 0.155 e. The summed E-state index contributed by atoms with van der Waals surface area (Å²) in [6.45, 7) is 9.26. The number of hydrogen-bond acceptors (Lipinski definition) is 2. The van der Waals surface area contributed by atoms with Crippen molar-refractivity contribution in [2.75, 3.05) is 0 Å². The largest absolute Gasteiger partial charge is 0.512 e. The van der Waals surface area contributed by atoms with Gasteiger partial charge in [0.05, 0.1) is 17.6 Å². The molecule has 4 heteroatoms. The molecular weight excluding hydrogens is 514 g/mol. The molecule has 143 valence electrons. The van der Waals surface area contributed by atoms with Crippen LogP contribution < -0.4 is 4.57 Å². The normalized spacial score (nSPS) is 10.6. The number of carbonyl (C=O) groups is 1. The van der Waals surface area contributed by atoms with E-state index in [1.807, 2.05) is 22.9 Å². The monoisotopic (exact) mass is 539 g/mol. The van der Waals surface area contributed by atoms with Gasteiger partial charge in [-0.25, -0.2) is 0 Å². The van der Waals surface area contributed by atoms with Gasteiger partial charge in [-0.1, -0.05) is 47.3 Å². The van der Waals surface area contributed by atoms with Gasteiger partial charge in [0, 0.05) is 33.2 Å². The van der Waals surface area contributed by atoms with Crippen LogP contribution in [-0.2, 0) is 24.9 Å². The predicted molar refractivity (Wildman–Crippen MR) is 107 cm³/mol. The van der Waals surface area contributed by atoms with Gasteiger partial charge in [0.15, 0.2) is 5.78 Å². The molecule has 0 saturated carbocycles. The summed E-state index contributed by atoms with van der Waals surface area (Å²) in [5.41, 5.74) is 4.56. The molecule has 3 rings (SSSR count). The molecule has 1 N–H and O–H groups in total. The van der Waals surface area contributed by atoms with Crippen LogP contribution in [0.4, 0.5) is 0 Å². The average Bonchev–Trinajstić information content (AvgIpc) is 2.58. The van der Waals surface area contributed by atoms with E-state index in [1.165, 1.54) is 36.3 Å². The van der Waals surface area contributed by atoms with Crippen LogP contribution in [-0.4, -0.2) is 10.9 Å². The van der Waals surface area contributed by atoms with Crippen LogP contribution in [0.2, 0.25) is 0 Å². The van der Waals surface area contributed by atoms with Gasteiger partial charge >= 0.3 is 0 Å². The quantitative estimate of drug-likeness (QED) is 0.217. The smallest absolute Gasteiger partial charge is 0.155 e. The first-order chi connectivity index (χ1) is 12.3. The van der Waals surface area contributed by atoms with Crippen LogP contribution in [0.1, 0.15) is 25.0 Å². The first-order valence-corrected chi connectivity index (χ1v) is 8.35. The Morgan fingerprint density at radius 3 is 2.19 bits per heavy atom. The zero-order chi connectivity index (χ0) is 19.3. The fourth-order valence-corrected chi connectivity index (χ4v) is 2.86. The third-order valence-corrected chi connectivity index (χ3v) is 3.99. The summed E-state index contributed by atoms with van der Waals surface area (Å²) in [4.78, 5) is 10.0. The molecule has 0 fully saturated rings. The zero-order valence-corrected chi connectivity index (χ0v) is 18.2. The standard InChI is InChI=1S/C18H16N.C5H8O2.Ir/c1-13-12-17(18-10-6-7-11-19(18)3)14(2)16-9-5-4-8-15(13)16;1-4(6)3-5(2)7;/h4-12H,2-3H2,1H3;3,6H,1-2H3;/q-1;;/b;4-3-;. The zero-order valence-electron chi connectivity index (χ0n) is 15.8. The Balaban J connectivity index is 0.000000395. The van der Waals surface area contributed by atoms with E-state index in [2.05, 4.69) is 57.3 Å². The van der Waals surface area contributed by atoms with Crippen molar-refractivity contribution in [1.82, 2.24) is 0 Å². The van der Waals surface area contributed by atoms with E-state index in [1.54, 1.807) is 0 Å². The Bertz CT molecular complexity index is 973. The number of allylic oxidation sites excluding steroid dienone is 2. The van der Waals surface area contributed by atoms with Gasteiger partial charge in [0.2, 0.25) is 0 Å². The van der Waals surface area contributed by atoms with Crippen molar-refractivity contribution in [3.63, 3.8) is 0 Å². The Morgan fingerprint density at radius 1 is 1.07 bits per heavy atom. The van der Waals surface area contributed by atoms with Gasteiger partial charge in [-0.2, -0.15) is 12.5 Å². The maximum atomic E-state index is 10.0. The Morgan fingerprint density at radius 2 is 1.67 bits per heavy atom. The second-order valence-corrected chi connectivity index (χ2v) is 6.22. The molecule has 0 saturated heterocycles. The molecule has 1 heterocycles. The number of pyridine rings is 1.